The van der Waals surface area contributed by atoms with Gasteiger partial charge in [-0.25, -0.2) is 4.79 Å². The van der Waals surface area contributed by atoms with Crippen LogP contribution in [0.3, 0.4) is 0 Å². The van der Waals surface area contributed by atoms with Crippen LogP contribution in [0.2, 0.25) is 0 Å². The largest absolute Gasteiger partial charge is 0.478 e. The number of carboxylic acids is 1. The first kappa shape index (κ1) is 11.3. The van der Waals surface area contributed by atoms with E-state index in [4.69, 9.17) is 5.11 Å². The van der Waals surface area contributed by atoms with Gasteiger partial charge in [0.15, 0.2) is 0 Å². The van der Waals surface area contributed by atoms with Crippen molar-refractivity contribution < 1.29 is 9.90 Å². The van der Waals surface area contributed by atoms with Crippen molar-refractivity contribution in [3.63, 3.8) is 0 Å². The van der Waals surface area contributed by atoms with Crippen LogP contribution in [0.5, 0.6) is 0 Å². The van der Waals surface area contributed by atoms with Gasteiger partial charge in [0.05, 0.1) is 11.3 Å². The molecular weight excluding hydrogens is 214 g/mol. The Morgan fingerprint density at radius 1 is 1.12 bits per heavy atom. The highest BCUT2D eigenvalue weighted by molar-refractivity contribution is 5.88. The fourth-order valence-electron chi connectivity index (χ4n) is 1.84. The molecular formula is C14H13NO2. The number of pyridine rings is 1. The molecule has 0 amide bonds. The van der Waals surface area contributed by atoms with E-state index >= 15 is 0 Å². The molecule has 2 rings (SSSR count). The summed E-state index contributed by atoms with van der Waals surface area (Å²) in [7, 11) is 0. The Morgan fingerprint density at radius 3 is 2.35 bits per heavy atom. The summed E-state index contributed by atoms with van der Waals surface area (Å²) in [5, 5.41) is 8.94. The zero-order chi connectivity index (χ0) is 12.4. The molecule has 1 heterocycles. The normalized spacial score (nSPS) is 10.2. The van der Waals surface area contributed by atoms with Crippen LogP contribution in [0.1, 0.15) is 21.5 Å². The van der Waals surface area contributed by atoms with Gasteiger partial charge in [0.1, 0.15) is 0 Å². The van der Waals surface area contributed by atoms with Crippen LogP contribution in [-0.4, -0.2) is 16.1 Å². The van der Waals surface area contributed by atoms with E-state index in [2.05, 4.69) is 11.1 Å². The molecule has 1 aromatic carbocycles. The lowest BCUT2D eigenvalue weighted by atomic mass is 10.0. The Kier molecular flexibility index (Phi) is 2.91. The molecule has 0 aliphatic carbocycles. The molecule has 0 aliphatic rings. The van der Waals surface area contributed by atoms with Crippen molar-refractivity contribution >= 4 is 5.97 Å². The van der Waals surface area contributed by atoms with Crippen molar-refractivity contribution in [2.24, 2.45) is 0 Å². The van der Waals surface area contributed by atoms with Gasteiger partial charge < -0.3 is 5.11 Å². The monoisotopic (exact) mass is 227 g/mol. The molecule has 0 bridgehead atoms. The summed E-state index contributed by atoms with van der Waals surface area (Å²) in [4.78, 5) is 15.1. The van der Waals surface area contributed by atoms with Crippen molar-refractivity contribution in [1.29, 1.82) is 0 Å². The number of aromatic carboxylic acids is 1. The second-order valence-corrected chi connectivity index (χ2v) is 4.11. The van der Waals surface area contributed by atoms with Crippen molar-refractivity contribution in [3.8, 4) is 11.3 Å². The van der Waals surface area contributed by atoms with E-state index in [-0.39, 0.29) is 5.56 Å². The lowest BCUT2D eigenvalue weighted by molar-refractivity contribution is 0.0697. The number of aryl methyl sites for hydroxylation is 2. The predicted octanol–water partition coefficient (Wildman–Crippen LogP) is 3.06. The highest BCUT2D eigenvalue weighted by atomic mass is 16.4. The summed E-state index contributed by atoms with van der Waals surface area (Å²) < 4.78 is 0. The molecule has 0 unspecified atom stereocenters. The SMILES string of the molecule is Cc1cc(C)cc(-c2cc(C(=O)O)ccn2)c1. The fourth-order valence-corrected chi connectivity index (χ4v) is 1.84. The quantitative estimate of drug-likeness (QED) is 0.857. The van der Waals surface area contributed by atoms with E-state index in [1.165, 1.54) is 12.3 Å². The predicted molar refractivity (Wildman–Crippen MR) is 66.1 cm³/mol. The summed E-state index contributed by atoms with van der Waals surface area (Å²) in [5.74, 6) is -0.932. The van der Waals surface area contributed by atoms with Crippen molar-refractivity contribution in [2.75, 3.05) is 0 Å². The molecule has 1 N–H and O–H groups in total. The second kappa shape index (κ2) is 4.37. The van der Waals surface area contributed by atoms with Gasteiger partial charge >= 0.3 is 5.97 Å². The van der Waals surface area contributed by atoms with Crippen LogP contribution < -0.4 is 0 Å². The maximum absolute atomic E-state index is 10.9. The van der Waals surface area contributed by atoms with Gasteiger partial charge in [-0.05, 0) is 38.1 Å². The lowest BCUT2D eigenvalue weighted by Crippen LogP contribution is -1.97. The first-order valence-electron chi connectivity index (χ1n) is 5.34. The molecule has 2 aromatic rings. The third-order valence-corrected chi connectivity index (χ3v) is 2.52. The molecule has 0 radical (unpaired) electrons. The number of hydrogen-bond acceptors (Lipinski definition) is 2. The number of carboxylic acid groups (broad SMARTS) is 1. The van der Waals surface area contributed by atoms with Gasteiger partial charge in [-0.15, -0.1) is 0 Å². The number of rotatable bonds is 2. The number of nitrogens with zero attached hydrogens (tertiary/aromatic N) is 1. The fraction of sp³-hybridized carbons (Fsp3) is 0.143. The second-order valence-electron chi connectivity index (χ2n) is 4.11. The summed E-state index contributed by atoms with van der Waals surface area (Å²) in [5.41, 5.74) is 4.18. The van der Waals surface area contributed by atoms with Gasteiger partial charge in [0.25, 0.3) is 0 Å². The van der Waals surface area contributed by atoms with E-state index < -0.39 is 5.97 Å². The minimum atomic E-state index is -0.932. The van der Waals surface area contributed by atoms with Crippen molar-refractivity contribution in [3.05, 3.63) is 53.2 Å². The number of aromatic nitrogens is 1. The molecule has 3 nitrogen and oxygen atoms in total. The van der Waals surface area contributed by atoms with E-state index in [1.54, 1.807) is 6.07 Å². The standard InChI is InChI=1S/C14H13NO2/c1-9-5-10(2)7-12(6-9)13-8-11(14(16)17)3-4-15-13/h3-8H,1-2H3,(H,16,17). The summed E-state index contributed by atoms with van der Waals surface area (Å²) in [6.45, 7) is 4.02. The topological polar surface area (TPSA) is 50.2 Å². The summed E-state index contributed by atoms with van der Waals surface area (Å²) in [6.07, 6.45) is 1.52. The Hall–Kier alpha value is -2.16. The lowest BCUT2D eigenvalue weighted by Gasteiger charge is -2.05. The molecule has 86 valence electrons. The third-order valence-electron chi connectivity index (χ3n) is 2.52. The zero-order valence-corrected chi connectivity index (χ0v) is 9.77. The number of carbonyl (C=O) groups is 1. The highest BCUT2D eigenvalue weighted by Crippen LogP contribution is 2.21. The molecule has 0 fully saturated rings. The minimum Gasteiger partial charge on any atom is -0.478 e. The van der Waals surface area contributed by atoms with Gasteiger partial charge in [-0.1, -0.05) is 17.2 Å². The number of benzene rings is 1. The maximum Gasteiger partial charge on any atom is 0.335 e. The van der Waals surface area contributed by atoms with E-state index in [0.717, 1.165) is 16.7 Å². The van der Waals surface area contributed by atoms with Gasteiger partial charge in [0, 0.05) is 11.8 Å². The van der Waals surface area contributed by atoms with Crippen LogP contribution in [0.15, 0.2) is 36.5 Å². The molecule has 0 saturated heterocycles. The maximum atomic E-state index is 10.9. The van der Waals surface area contributed by atoms with E-state index in [0.29, 0.717) is 5.69 Å². The van der Waals surface area contributed by atoms with Crippen molar-refractivity contribution in [1.82, 2.24) is 4.98 Å². The van der Waals surface area contributed by atoms with Crippen LogP contribution in [-0.2, 0) is 0 Å². The molecule has 1 aromatic heterocycles. The molecule has 0 atom stereocenters. The first-order chi connectivity index (χ1) is 8.06. The van der Waals surface area contributed by atoms with Gasteiger partial charge in [-0.2, -0.15) is 0 Å². The van der Waals surface area contributed by atoms with Crippen LogP contribution >= 0.6 is 0 Å². The van der Waals surface area contributed by atoms with Crippen molar-refractivity contribution in [2.45, 2.75) is 13.8 Å². The Bertz CT molecular complexity index is 556. The molecule has 17 heavy (non-hydrogen) atoms. The minimum absolute atomic E-state index is 0.258. The number of hydrogen-bond donors (Lipinski definition) is 1. The smallest absolute Gasteiger partial charge is 0.335 e. The van der Waals surface area contributed by atoms with E-state index in [1.807, 2.05) is 26.0 Å². The summed E-state index contributed by atoms with van der Waals surface area (Å²) in [6, 6.07) is 9.16. The Balaban J connectivity index is 2.52. The first-order valence-corrected chi connectivity index (χ1v) is 5.34. The molecule has 0 spiro atoms. The average molecular weight is 227 g/mol. The summed E-state index contributed by atoms with van der Waals surface area (Å²) >= 11 is 0. The average Bonchev–Trinajstić information content (AvgIpc) is 2.28. The van der Waals surface area contributed by atoms with Gasteiger partial charge in [-0.3, -0.25) is 4.98 Å². The van der Waals surface area contributed by atoms with Gasteiger partial charge in [0.2, 0.25) is 0 Å². The highest BCUT2D eigenvalue weighted by Gasteiger charge is 2.06. The zero-order valence-electron chi connectivity index (χ0n) is 9.77. The van der Waals surface area contributed by atoms with E-state index in [9.17, 15) is 4.79 Å². The Morgan fingerprint density at radius 2 is 1.76 bits per heavy atom. The van der Waals surface area contributed by atoms with Crippen LogP contribution in [0.25, 0.3) is 11.3 Å². The molecule has 0 saturated carbocycles. The third kappa shape index (κ3) is 2.50. The molecule has 0 aliphatic heterocycles. The molecule has 3 heteroatoms. The Labute approximate surface area is 99.8 Å². The van der Waals surface area contributed by atoms with Crippen LogP contribution in [0.4, 0.5) is 0 Å². The van der Waals surface area contributed by atoms with Crippen LogP contribution in [0, 0.1) is 13.8 Å².